The van der Waals surface area contributed by atoms with Crippen LogP contribution in [0.5, 0.6) is 0 Å². The summed E-state index contributed by atoms with van der Waals surface area (Å²) in [6, 6.07) is 17.6. The Morgan fingerprint density at radius 2 is 1.61 bits per heavy atom. The number of hydrogen-bond donors (Lipinski definition) is 1. The minimum absolute atomic E-state index is 0.0413. The maximum absolute atomic E-state index is 11.8. The third kappa shape index (κ3) is 5.11. The molecule has 0 radical (unpaired) electrons. The predicted octanol–water partition coefficient (Wildman–Crippen LogP) is 3.80. The predicted molar refractivity (Wildman–Crippen MR) is 90.9 cm³/mol. The van der Waals surface area contributed by atoms with Crippen molar-refractivity contribution in [3.8, 4) is 11.1 Å². The molecule has 1 N–H and O–H groups in total. The highest BCUT2D eigenvalue weighted by Gasteiger charge is 2.07. The quantitative estimate of drug-likeness (QED) is 0.652. The van der Waals surface area contributed by atoms with Gasteiger partial charge in [0.2, 0.25) is 5.91 Å². The van der Waals surface area contributed by atoms with E-state index < -0.39 is 5.97 Å². The van der Waals surface area contributed by atoms with E-state index in [1.54, 1.807) is 6.92 Å². The number of esters is 1. The molecule has 0 aliphatic rings. The molecular weight excluding hydrogens is 290 g/mol. The van der Waals surface area contributed by atoms with Gasteiger partial charge in [-0.1, -0.05) is 49.0 Å². The highest BCUT2D eigenvalue weighted by molar-refractivity contribution is 5.91. The van der Waals surface area contributed by atoms with Crippen LogP contribution in [0.2, 0.25) is 0 Å². The Morgan fingerprint density at radius 1 is 1.00 bits per heavy atom. The van der Waals surface area contributed by atoms with Crippen molar-refractivity contribution in [1.82, 2.24) is 0 Å². The molecule has 0 saturated heterocycles. The second kappa shape index (κ2) is 7.94. The molecule has 0 aliphatic heterocycles. The summed E-state index contributed by atoms with van der Waals surface area (Å²) in [7, 11) is 0. The average molecular weight is 309 g/mol. The summed E-state index contributed by atoms with van der Waals surface area (Å²) < 4.78 is 4.89. The van der Waals surface area contributed by atoms with Crippen molar-refractivity contribution >= 4 is 17.6 Å². The lowest BCUT2D eigenvalue weighted by Gasteiger charge is -2.07. The Kier molecular flexibility index (Phi) is 5.69. The van der Waals surface area contributed by atoms with E-state index in [9.17, 15) is 9.59 Å². The first-order chi connectivity index (χ1) is 11.1. The molecule has 0 spiro atoms. The summed E-state index contributed by atoms with van der Waals surface area (Å²) >= 11 is 0. The first-order valence-corrected chi connectivity index (χ1v) is 7.34. The van der Waals surface area contributed by atoms with Gasteiger partial charge in [0.05, 0.1) is 6.42 Å². The Hall–Kier alpha value is -2.88. The van der Waals surface area contributed by atoms with Crippen LogP contribution in [0.3, 0.4) is 0 Å². The van der Waals surface area contributed by atoms with Gasteiger partial charge in [-0.25, -0.2) is 4.79 Å². The largest absolute Gasteiger partial charge is 0.462 e. The summed E-state index contributed by atoms with van der Waals surface area (Å²) in [4.78, 5) is 23.0. The molecule has 23 heavy (non-hydrogen) atoms. The molecule has 0 atom stereocenters. The normalized spacial score (nSPS) is 9.96. The lowest BCUT2D eigenvalue weighted by molar-refractivity contribution is -0.139. The van der Waals surface area contributed by atoms with Gasteiger partial charge < -0.3 is 10.1 Å². The number of amides is 1. The zero-order valence-electron chi connectivity index (χ0n) is 13.0. The summed E-state index contributed by atoms with van der Waals surface area (Å²) in [6.07, 6.45) is 0.111. The van der Waals surface area contributed by atoms with Crippen LogP contribution in [0.1, 0.15) is 13.3 Å². The van der Waals surface area contributed by atoms with Crippen molar-refractivity contribution in [2.75, 3.05) is 11.9 Å². The fraction of sp³-hybridized carbons (Fsp3) is 0.158. The van der Waals surface area contributed by atoms with Crippen LogP contribution >= 0.6 is 0 Å². The zero-order chi connectivity index (χ0) is 16.7. The number of carbonyl (C=O) groups excluding carboxylic acids is 2. The number of carbonyl (C=O) groups is 2. The minimum atomic E-state index is -0.481. The van der Waals surface area contributed by atoms with Crippen molar-refractivity contribution in [3.63, 3.8) is 0 Å². The highest BCUT2D eigenvalue weighted by Crippen LogP contribution is 2.21. The summed E-state index contributed by atoms with van der Waals surface area (Å²) in [5.41, 5.74) is 3.24. The Bertz CT molecular complexity index is 690. The van der Waals surface area contributed by atoms with Crippen LogP contribution in [0.15, 0.2) is 66.7 Å². The summed E-state index contributed by atoms with van der Waals surface area (Å²) in [5.74, 6) is -0.683. The van der Waals surface area contributed by atoms with E-state index >= 15 is 0 Å². The molecule has 0 aromatic heterocycles. The number of nitrogens with one attached hydrogen (secondary N) is 1. The molecule has 0 unspecified atom stereocenters. The average Bonchev–Trinajstić information content (AvgIpc) is 2.56. The fourth-order valence-electron chi connectivity index (χ4n) is 1.96. The number of ether oxygens (including phenoxy) is 1. The maximum Gasteiger partial charge on any atom is 0.333 e. The van der Waals surface area contributed by atoms with Gasteiger partial charge in [0.25, 0.3) is 0 Å². The van der Waals surface area contributed by atoms with Gasteiger partial charge >= 0.3 is 5.97 Å². The molecule has 0 heterocycles. The van der Waals surface area contributed by atoms with Crippen molar-refractivity contribution in [1.29, 1.82) is 0 Å². The number of hydrogen-bond acceptors (Lipinski definition) is 3. The number of benzene rings is 2. The monoisotopic (exact) mass is 309 g/mol. The van der Waals surface area contributed by atoms with Gasteiger partial charge in [0.1, 0.15) is 6.61 Å². The van der Waals surface area contributed by atoms with Gasteiger partial charge in [0, 0.05) is 11.3 Å². The molecule has 0 bridgehead atoms. The molecule has 118 valence electrons. The second-order valence-electron chi connectivity index (χ2n) is 5.16. The third-order valence-corrected chi connectivity index (χ3v) is 3.19. The van der Waals surface area contributed by atoms with Gasteiger partial charge in [-0.3, -0.25) is 4.79 Å². The van der Waals surface area contributed by atoms with Gasteiger partial charge in [-0.15, -0.1) is 0 Å². The lowest BCUT2D eigenvalue weighted by Crippen LogP contribution is -2.16. The van der Waals surface area contributed by atoms with E-state index in [-0.39, 0.29) is 18.9 Å². The van der Waals surface area contributed by atoms with Gasteiger partial charge in [-0.2, -0.15) is 0 Å². The van der Waals surface area contributed by atoms with Crippen LogP contribution < -0.4 is 5.32 Å². The van der Waals surface area contributed by atoms with Crippen molar-refractivity contribution in [2.24, 2.45) is 0 Å². The van der Waals surface area contributed by atoms with Gasteiger partial charge in [0.15, 0.2) is 0 Å². The molecule has 2 rings (SSSR count). The van der Waals surface area contributed by atoms with Crippen molar-refractivity contribution in [3.05, 3.63) is 66.7 Å². The highest BCUT2D eigenvalue weighted by atomic mass is 16.5. The topological polar surface area (TPSA) is 55.4 Å². The molecule has 0 fully saturated rings. The van der Waals surface area contributed by atoms with Crippen molar-refractivity contribution in [2.45, 2.75) is 13.3 Å². The van der Waals surface area contributed by atoms with E-state index in [0.717, 1.165) is 11.1 Å². The molecule has 2 aromatic rings. The third-order valence-electron chi connectivity index (χ3n) is 3.19. The minimum Gasteiger partial charge on any atom is -0.462 e. The smallest absolute Gasteiger partial charge is 0.333 e. The molecule has 4 nitrogen and oxygen atoms in total. The van der Waals surface area contributed by atoms with E-state index in [1.165, 1.54) is 0 Å². The van der Waals surface area contributed by atoms with E-state index in [0.29, 0.717) is 11.3 Å². The zero-order valence-corrected chi connectivity index (χ0v) is 13.0. The Labute approximate surface area is 135 Å². The summed E-state index contributed by atoms with van der Waals surface area (Å²) in [6.45, 7) is 5.09. The maximum atomic E-state index is 11.8. The first kappa shape index (κ1) is 16.5. The standard InChI is InChI=1S/C19H19NO3/c1-14(2)19(22)23-13-12-18(21)20-17-10-8-16(9-11-17)15-6-4-3-5-7-15/h3-11H,1,12-13H2,2H3,(H,20,21). The van der Waals surface area contributed by atoms with E-state index in [2.05, 4.69) is 11.9 Å². The number of rotatable bonds is 6. The fourth-order valence-corrected chi connectivity index (χ4v) is 1.96. The second-order valence-corrected chi connectivity index (χ2v) is 5.16. The summed E-state index contributed by atoms with van der Waals surface area (Å²) in [5, 5.41) is 2.77. The van der Waals surface area contributed by atoms with Crippen molar-refractivity contribution < 1.29 is 14.3 Å². The molecule has 2 aromatic carbocycles. The van der Waals surface area contributed by atoms with Crippen LogP contribution in [0, 0.1) is 0 Å². The molecular formula is C19H19NO3. The van der Waals surface area contributed by atoms with Crippen LogP contribution in [-0.2, 0) is 14.3 Å². The van der Waals surface area contributed by atoms with Crippen LogP contribution in [-0.4, -0.2) is 18.5 Å². The number of anilines is 1. The molecule has 4 heteroatoms. The Morgan fingerprint density at radius 3 is 2.22 bits per heavy atom. The molecule has 0 saturated carbocycles. The van der Waals surface area contributed by atoms with Crippen LogP contribution in [0.25, 0.3) is 11.1 Å². The van der Waals surface area contributed by atoms with E-state index in [1.807, 2.05) is 54.6 Å². The molecule has 1 amide bonds. The Balaban J connectivity index is 1.85. The van der Waals surface area contributed by atoms with E-state index in [4.69, 9.17) is 4.74 Å². The lowest BCUT2D eigenvalue weighted by atomic mass is 10.1. The van der Waals surface area contributed by atoms with Crippen LogP contribution in [0.4, 0.5) is 5.69 Å². The van der Waals surface area contributed by atoms with Gasteiger partial charge in [-0.05, 0) is 30.2 Å². The first-order valence-electron chi connectivity index (χ1n) is 7.34. The molecule has 0 aliphatic carbocycles. The SMILES string of the molecule is C=C(C)C(=O)OCCC(=O)Nc1ccc(-c2ccccc2)cc1.